The van der Waals surface area contributed by atoms with Crippen LogP contribution in [0.25, 0.3) is 20.4 Å². The maximum atomic E-state index is 12.6. The second-order valence-corrected chi connectivity index (χ2v) is 31.4. The van der Waals surface area contributed by atoms with E-state index in [1.807, 2.05) is 72.3 Å². The highest BCUT2D eigenvalue weighted by Crippen LogP contribution is 2.36. The van der Waals surface area contributed by atoms with Crippen LogP contribution in [0, 0.1) is 9.93 Å². The Balaban J connectivity index is 0.000000255. The summed E-state index contributed by atoms with van der Waals surface area (Å²) in [7, 11) is 0. The number of aliphatic carboxylic acids is 1. The molecule has 108 heavy (non-hydrogen) atoms. The van der Waals surface area contributed by atoms with E-state index in [-0.39, 0.29) is 90.2 Å². The molecule has 4 fully saturated rings. The molecule has 584 valence electrons. The first-order chi connectivity index (χ1) is 52.1. The zero-order valence-corrected chi connectivity index (χ0v) is 63.6. The lowest BCUT2D eigenvalue weighted by molar-refractivity contribution is -0.192. The fourth-order valence-electron chi connectivity index (χ4n) is 11.7. The summed E-state index contributed by atoms with van der Waals surface area (Å²) >= 11 is 9.53. The van der Waals surface area contributed by atoms with Gasteiger partial charge >= 0.3 is 24.2 Å². The molecule has 0 radical (unpaired) electrons. The number of amides is 7. The molecule has 0 aliphatic carbocycles. The molecular formula is C66H85N18O18S6-. The van der Waals surface area contributed by atoms with Crippen molar-refractivity contribution in [1.29, 1.82) is 0 Å². The number of carboxylic acid groups (broad SMARTS) is 1. The molecule has 7 amide bonds. The molecule has 10 heterocycles. The van der Waals surface area contributed by atoms with Crippen molar-refractivity contribution < 1.29 is 77.5 Å². The highest BCUT2D eigenvalue weighted by molar-refractivity contribution is 8.15. The van der Waals surface area contributed by atoms with Crippen molar-refractivity contribution in [1.82, 2.24) is 71.9 Å². The molecular weight excluding hydrogens is 1530 g/mol. The Morgan fingerprint density at radius 2 is 1.05 bits per heavy atom. The third-order valence-electron chi connectivity index (χ3n) is 17.1. The van der Waals surface area contributed by atoms with E-state index in [2.05, 4.69) is 83.1 Å². The number of thiazole rings is 2. The van der Waals surface area contributed by atoms with Crippen LogP contribution < -0.4 is 42.5 Å². The van der Waals surface area contributed by atoms with Crippen LogP contribution >= 0.6 is 69.7 Å². The lowest BCUT2D eigenvalue weighted by Crippen LogP contribution is -2.36. The number of hydrogen-bond donors (Lipinski definition) is 9. The molecule has 7 atom stereocenters. The van der Waals surface area contributed by atoms with Crippen LogP contribution in [0.3, 0.4) is 0 Å². The van der Waals surface area contributed by atoms with Gasteiger partial charge in [0.25, 0.3) is 5.91 Å². The van der Waals surface area contributed by atoms with Crippen LogP contribution in [0.4, 0.5) is 21.0 Å². The zero-order chi connectivity index (χ0) is 75.7. The minimum Gasteiger partial charge on any atom is -0.870 e. The number of aryl methyl sites for hydroxylation is 2. The van der Waals surface area contributed by atoms with E-state index >= 15 is 0 Å². The summed E-state index contributed by atoms with van der Waals surface area (Å²) < 4.78 is 27.7. The molecule has 6 aliphatic heterocycles. The predicted octanol–water partition coefficient (Wildman–Crippen LogP) is 4.03. The van der Waals surface area contributed by atoms with Crippen LogP contribution in [0.5, 0.6) is 0 Å². The first-order valence-electron chi connectivity index (χ1n) is 34.8. The van der Waals surface area contributed by atoms with Gasteiger partial charge in [0.05, 0.1) is 141 Å². The minimum atomic E-state index is -0.930. The summed E-state index contributed by atoms with van der Waals surface area (Å²) in [5, 5.41) is 53.4. The highest BCUT2D eigenvalue weighted by atomic mass is 32.2. The zero-order valence-electron chi connectivity index (χ0n) is 58.7. The van der Waals surface area contributed by atoms with Gasteiger partial charge in [-0.2, -0.15) is 33.1 Å². The highest BCUT2D eigenvalue weighted by Gasteiger charge is 2.44. The normalized spacial score (nSPS) is 19.3. The lowest BCUT2D eigenvalue weighted by atomic mass is 10.0. The number of carboxylic acids is 1. The van der Waals surface area contributed by atoms with Crippen LogP contribution in [0.1, 0.15) is 85.6 Å². The number of anilines is 2. The van der Waals surface area contributed by atoms with Gasteiger partial charge in [0.2, 0.25) is 11.8 Å². The van der Waals surface area contributed by atoms with E-state index in [1.165, 1.54) is 46.2 Å². The fourth-order valence-corrected chi connectivity index (χ4v) is 18.8. The Hall–Kier alpha value is -8.42. The first-order valence-corrected chi connectivity index (χ1v) is 40.5. The Bertz CT molecular complexity index is 4080. The minimum absolute atomic E-state index is 0. The maximum absolute atomic E-state index is 12.6. The topological polar surface area (TPSA) is 500 Å². The number of aliphatic imine (C=N–C) groups is 2. The number of carbonyl (C=O) groups excluding carboxylic acids is 9. The van der Waals surface area contributed by atoms with Crippen LogP contribution in [-0.2, 0) is 83.2 Å². The third-order valence-corrected chi connectivity index (χ3v) is 24.4. The number of urea groups is 2. The average Bonchev–Trinajstić information content (AvgIpc) is 1.65. The van der Waals surface area contributed by atoms with Gasteiger partial charge in [-0.3, -0.25) is 29.0 Å². The van der Waals surface area contributed by atoms with Gasteiger partial charge in [0, 0.05) is 113 Å². The molecule has 12 rings (SSSR count). The van der Waals surface area contributed by atoms with Crippen LogP contribution in [0.15, 0.2) is 58.8 Å². The van der Waals surface area contributed by atoms with Crippen molar-refractivity contribution in [3.8, 4) is 0 Å². The molecule has 0 bridgehead atoms. The van der Waals surface area contributed by atoms with Crippen molar-refractivity contribution in [3.05, 3.63) is 80.1 Å². The quantitative estimate of drug-likeness (QED) is 0.0193. The number of benzene rings is 2. The largest absolute Gasteiger partial charge is 0.870 e. The number of aromatic nitrogens is 8. The molecule has 4 saturated heterocycles. The van der Waals surface area contributed by atoms with Crippen molar-refractivity contribution in [3.63, 3.8) is 0 Å². The summed E-state index contributed by atoms with van der Waals surface area (Å²) in [6.45, 7) is 5.80. The molecule has 0 spiro atoms. The number of nitrogens with zero attached hydrogens (tertiary/aromatic N) is 10. The number of nitrogens with one attached hydrogen (secondary N) is 8. The summed E-state index contributed by atoms with van der Waals surface area (Å²) in [6.07, 6.45) is 12.1. The fraction of sp³-hybridized carbons (Fsp3) is 0.561. The number of rotatable bonds is 43. The number of Topliss-reactive ketones (excluding diaryl/α,β-unsaturated/α-hetero) is 2. The number of thioether (sulfide) groups is 4. The Morgan fingerprint density at radius 3 is 1.49 bits per heavy atom. The smallest absolute Gasteiger partial charge is 0.373 e. The van der Waals surface area contributed by atoms with E-state index in [0.717, 1.165) is 98.2 Å². The summed E-state index contributed by atoms with van der Waals surface area (Å²) in [5.41, 5.74) is 4.75. The van der Waals surface area contributed by atoms with E-state index in [4.69, 9.17) is 38.5 Å². The van der Waals surface area contributed by atoms with Gasteiger partial charge in [0.1, 0.15) is 20.1 Å². The van der Waals surface area contributed by atoms with E-state index in [1.54, 1.807) is 9.36 Å². The van der Waals surface area contributed by atoms with Crippen molar-refractivity contribution in [2.24, 2.45) is 9.98 Å². The molecule has 4 aromatic heterocycles. The second-order valence-electron chi connectivity index (χ2n) is 24.8. The Kier molecular flexibility index (Phi) is 35.9. The second kappa shape index (κ2) is 45.5. The SMILES string of the molecule is O=C(CCc1cn(CCOCCOCCNC(=O)CCCC[C@@H]2SCC3NC(=O)NC32)nn1)CNc1ccc2nc(C3=NC(=O)CS3)sc2c1.O=C(CCc1cn(CCOCCOCCNC(=O)CCCC[C@@H]2SCC3NC(=O)NC32)nn1)CNc1ccc2nc(C3=NC(C(=O)O)CS3)sc2c1.O=C=O.O=O.[OH-]. The molecule has 6 aliphatic rings. The number of unbranched alkanes of at least 4 members (excludes halogenated alkanes) is 2. The van der Waals surface area contributed by atoms with Gasteiger partial charge in [-0.1, -0.05) is 35.0 Å². The standard InChI is InChI=1S/C33H43N9O7S3.C32H41N9O6S3.CO2.O2.H2O/c43-22(16-35-20-6-8-23-27(15-20)52-31(36-23)30-37-25(19-51-30)32(45)46)7-5-21-17-42(41-40-21)10-12-49-14-13-48-11-9-34-28(44)4-2-1-3-26-29-24(18-50-26)38-33(47)39-29;42-22(16-34-20-6-8-23-26(15-20)50-31(35-23)30-37-28(44)19-49-30)7-5-21-17-41(40-39-21)10-12-47-14-13-46-11-9-33-27(43)4-2-1-3-25-29-24(18-48-25)36-32(45)38-29;2-1-3;1-2;/h6,8,15,17,24-26,29,35H,1-5,7,9-14,16,18-19H2,(H,34,44)(H,45,46)(H2,38,39,47);6,8,15,17,24-25,29,34H,1-5,7,9-14,16,18-19H2,(H,33,43)(H2,36,38,45);;;1H2/p-1/t24?,25?,26-,29?;24?,25-,29?;;;/m00.../s1. The predicted molar refractivity (Wildman–Crippen MR) is 408 cm³/mol. The van der Waals surface area contributed by atoms with Crippen molar-refractivity contribution >= 4 is 165 Å². The molecule has 5 unspecified atom stereocenters. The van der Waals surface area contributed by atoms with Crippen LogP contribution in [-0.4, -0.2) is 257 Å². The summed E-state index contributed by atoms with van der Waals surface area (Å²) in [5.74, 6) is 1.77. The van der Waals surface area contributed by atoms with Gasteiger partial charge in [-0.05, 0) is 62.1 Å². The van der Waals surface area contributed by atoms with Gasteiger partial charge in [-0.25, -0.2) is 38.7 Å². The first kappa shape index (κ1) is 85.2. The van der Waals surface area contributed by atoms with E-state index in [0.29, 0.717) is 155 Å². The summed E-state index contributed by atoms with van der Waals surface area (Å²) in [6, 6.07) is 11.4. The molecule has 0 saturated carbocycles. The van der Waals surface area contributed by atoms with Gasteiger partial charge in [0.15, 0.2) is 17.6 Å². The maximum Gasteiger partial charge on any atom is 0.373 e. The number of hydrogen-bond acceptors (Lipinski definition) is 32. The van der Waals surface area contributed by atoms with Gasteiger partial charge < -0.3 is 72.1 Å². The number of ketones is 2. The van der Waals surface area contributed by atoms with Crippen molar-refractivity contribution in [2.75, 3.05) is 113 Å². The molecule has 6 aromatic rings. The lowest BCUT2D eigenvalue weighted by Gasteiger charge is -2.16. The number of ether oxygens (including phenoxy) is 4. The Labute approximate surface area is 644 Å². The number of carbonyl (C=O) groups is 8. The van der Waals surface area contributed by atoms with E-state index in [9.17, 15) is 43.5 Å². The molecule has 10 N–H and O–H groups in total. The number of fused-ring (bicyclic) bond motifs is 4. The van der Waals surface area contributed by atoms with Gasteiger partial charge in [-0.15, -0.1) is 44.6 Å². The van der Waals surface area contributed by atoms with E-state index < -0.39 is 12.0 Å². The van der Waals surface area contributed by atoms with Crippen molar-refractivity contribution in [2.45, 2.75) is 131 Å². The molecule has 42 heteroatoms. The molecule has 36 nitrogen and oxygen atoms in total. The average molecular weight is 1610 g/mol. The molecule has 2 aromatic carbocycles. The summed E-state index contributed by atoms with van der Waals surface area (Å²) in [4.78, 5) is 143. The third kappa shape index (κ3) is 27.6. The Morgan fingerprint density at radius 1 is 0.583 bits per heavy atom. The van der Waals surface area contributed by atoms with Crippen LogP contribution in [0.2, 0.25) is 0 Å². The monoisotopic (exact) mass is 1610 g/mol.